The zero-order valence-corrected chi connectivity index (χ0v) is 10.1. The van der Waals surface area contributed by atoms with E-state index >= 15 is 0 Å². The maximum Gasteiger partial charge on any atom is 0.391 e. The number of carbonyl (C=O) groups excluding carboxylic acids is 3. The first-order chi connectivity index (χ1) is 7.97. The van der Waals surface area contributed by atoms with Crippen LogP contribution in [0.1, 0.15) is 27.2 Å². The SMILES string of the molecule is CC(CC(F)(F)F)N1C(=O)NC(=O)C(C)(C)C1=O. The van der Waals surface area contributed by atoms with Crippen molar-refractivity contribution >= 4 is 17.8 Å². The molecule has 8 heteroatoms. The van der Waals surface area contributed by atoms with Crippen molar-refractivity contribution < 1.29 is 27.6 Å². The maximum atomic E-state index is 12.2. The number of nitrogens with one attached hydrogen (secondary N) is 1. The number of urea groups is 1. The van der Waals surface area contributed by atoms with Crippen LogP contribution in [0.25, 0.3) is 0 Å². The van der Waals surface area contributed by atoms with Crippen LogP contribution < -0.4 is 5.32 Å². The molecule has 0 aliphatic carbocycles. The number of carbonyl (C=O) groups is 3. The third-order valence-corrected chi connectivity index (χ3v) is 2.73. The van der Waals surface area contributed by atoms with Gasteiger partial charge in [-0.25, -0.2) is 4.79 Å². The molecule has 0 aromatic heterocycles. The minimum Gasteiger partial charge on any atom is -0.277 e. The number of amides is 4. The first-order valence-corrected chi connectivity index (χ1v) is 5.22. The fourth-order valence-electron chi connectivity index (χ4n) is 1.63. The van der Waals surface area contributed by atoms with Crippen LogP contribution in [0.15, 0.2) is 0 Å². The molecule has 0 aromatic carbocycles. The summed E-state index contributed by atoms with van der Waals surface area (Å²) in [5, 5.41) is 1.88. The van der Waals surface area contributed by atoms with E-state index in [-0.39, 0.29) is 0 Å². The Morgan fingerprint density at radius 3 is 2.22 bits per heavy atom. The van der Waals surface area contributed by atoms with E-state index in [1.807, 2.05) is 5.32 Å². The van der Waals surface area contributed by atoms with Crippen LogP contribution in [-0.4, -0.2) is 35.0 Å². The van der Waals surface area contributed by atoms with Gasteiger partial charge < -0.3 is 0 Å². The van der Waals surface area contributed by atoms with Gasteiger partial charge in [0.1, 0.15) is 5.41 Å². The molecule has 0 spiro atoms. The summed E-state index contributed by atoms with van der Waals surface area (Å²) in [6.45, 7) is 3.62. The van der Waals surface area contributed by atoms with Gasteiger partial charge in [-0.3, -0.25) is 19.8 Å². The van der Waals surface area contributed by atoms with Crippen LogP contribution in [0.2, 0.25) is 0 Å². The molecule has 0 saturated carbocycles. The third-order valence-electron chi connectivity index (χ3n) is 2.73. The Labute approximate surface area is 101 Å². The average molecular weight is 266 g/mol. The second-order valence-corrected chi connectivity index (χ2v) is 4.73. The lowest BCUT2D eigenvalue weighted by atomic mass is 9.88. The smallest absolute Gasteiger partial charge is 0.277 e. The molecule has 1 rings (SSSR count). The summed E-state index contributed by atoms with van der Waals surface area (Å²) in [5.74, 6) is -1.74. The lowest BCUT2D eigenvalue weighted by Gasteiger charge is -2.38. The molecular weight excluding hydrogens is 253 g/mol. The molecule has 1 heterocycles. The highest BCUT2D eigenvalue weighted by atomic mass is 19.4. The molecule has 18 heavy (non-hydrogen) atoms. The molecule has 1 unspecified atom stereocenters. The fourth-order valence-corrected chi connectivity index (χ4v) is 1.63. The zero-order chi connectivity index (χ0) is 14.3. The largest absolute Gasteiger partial charge is 0.391 e. The van der Waals surface area contributed by atoms with Crippen molar-refractivity contribution in [3.63, 3.8) is 0 Å². The fraction of sp³-hybridized carbons (Fsp3) is 0.700. The van der Waals surface area contributed by atoms with E-state index < -0.39 is 41.9 Å². The van der Waals surface area contributed by atoms with Crippen LogP contribution in [0.5, 0.6) is 0 Å². The molecule has 0 aromatic rings. The number of rotatable bonds is 2. The molecule has 1 N–H and O–H groups in total. The van der Waals surface area contributed by atoms with Crippen molar-refractivity contribution in [2.45, 2.75) is 39.4 Å². The van der Waals surface area contributed by atoms with E-state index in [0.717, 1.165) is 6.92 Å². The van der Waals surface area contributed by atoms with Gasteiger partial charge in [0.15, 0.2) is 0 Å². The Kier molecular flexibility index (Phi) is 3.42. The molecule has 5 nitrogen and oxygen atoms in total. The average Bonchev–Trinajstić information content (AvgIpc) is 2.12. The van der Waals surface area contributed by atoms with Gasteiger partial charge in [-0.05, 0) is 20.8 Å². The molecule has 1 aliphatic heterocycles. The van der Waals surface area contributed by atoms with E-state index in [1.54, 1.807) is 0 Å². The van der Waals surface area contributed by atoms with Crippen LogP contribution in [0.4, 0.5) is 18.0 Å². The molecule has 0 radical (unpaired) electrons. The number of hydrogen-bond acceptors (Lipinski definition) is 3. The van der Waals surface area contributed by atoms with Crippen molar-refractivity contribution in [3.8, 4) is 0 Å². The van der Waals surface area contributed by atoms with Gasteiger partial charge in [0.2, 0.25) is 11.8 Å². The lowest BCUT2D eigenvalue weighted by molar-refractivity contribution is -0.158. The highest BCUT2D eigenvalue weighted by molar-refractivity contribution is 6.18. The number of halogens is 3. The second kappa shape index (κ2) is 4.25. The number of alkyl halides is 3. The van der Waals surface area contributed by atoms with E-state index in [4.69, 9.17) is 0 Å². The van der Waals surface area contributed by atoms with Gasteiger partial charge >= 0.3 is 12.2 Å². The number of nitrogens with zero attached hydrogens (tertiary/aromatic N) is 1. The highest BCUT2D eigenvalue weighted by Crippen LogP contribution is 2.29. The summed E-state index contributed by atoms with van der Waals surface area (Å²) in [5.41, 5.74) is -1.55. The molecule has 1 aliphatic rings. The van der Waals surface area contributed by atoms with Crippen LogP contribution in [0, 0.1) is 5.41 Å². The summed E-state index contributed by atoms with van der Waals surface area (Å²) in [4.78, 5) is 35.1. The normalized spacial score (nSPS) is 21.9. The summed E-state index contributed by atoms with van der Waals surface area (Å²) in [6, 6.07) is -2.47. The van der Waals surface area contributed by atoms with Crippen molar-refractivity contribution in [2.24, 2.45) is 5.41 Å². The molecular formula is C10H13F3N2O3. The Bertz CT molecular complexity index is 404. The van der Waals surface area contributed by atoms with Crippen LogP contribution in [0.3, 0.4) is 0 Å². The van der Waals surface area contributed by atoms with E-state index in [9.17, 15) is 27.6 Å². The van der Waals surface area contributed by atoms with Crippen molar-refractivity contribution in [1.82, 2.24) is 10.2 Å². The topological polar surface area (TPSA) is 66.5 Å². The van der Waals surface area contributed by atoms with Gasteiger partial charge in [0, 0.05) is 6.04 Å². The van der Waals surface area contributed by atoms with E-state index in [1.165, 1.54) is 13.8 Å². The zero-order valence-electron chi connectivity index (χ0n) is 10.1. The summed E-state index contributed by atoms with van der Waals surface area (Å²) in [7, 11) is 0. The Morgan fingerprint density at radius 1 is 1.28 bits per heavy atom. The maximum absolute atomic E-state index is 12.2. The minimum atomic E-state index is -4.49. The number of barbiturate groups is 1. The van der Waals surface area contributed by atoms with Crippen LogP contribution >= 0.6 is 0 Å². The molecule has 1 atom stereocenters. The number of imide groups is 2. The molecule has 0 bridgehead atoms. The van der Waals surface area contributed by atoms with Crippen molar-refractivity contribution in [2.75, 3.05) is 0 Å². The van der Waals surface area contributed by atoms with Gasteiger partial charge in [0.25, 0.3) is 0 Å². The predicted octanol–water partition coefficient (Wildman–Crippen LogP) is 1.43. The first kappa shape index (κ1) is 14.5. The second-order valence-electron chi connectivity index (χ2n) is 4.73. The first-order valence-electron chi connectivity index (χ1n) is 5.22. The van der Waals surface area contributed by atoms with Crippen molar-refractivity contribution in [1.29, 1.82) is 0 Å². The molecule has 1 saturated heterocycles. The Hall–Kier alpha value is -1.60. The third kappa shape index (κ3) is 2.62. The molecule has 4 amide bonds. The van der Waals surface area contributed by atoms with Crippen molar-refractivity contribution in [3.05, 3.63) is 0 Å². The summed E-state index contributed by atoms with van der Waals surface area (Å²) in [6.07, 6.45) is -5.80. The standard InChI is InChI=1S/C10H13F3N2O3/c1-5(4-10(11,12)13)15-7(17)9(2,3)6(16)14-8(15)18/h5H,4H2,1-3H3,(H,14,16,18). The molecule has 102 valence electrons. The van der Waals surface area contributed by atoms with Gasteiger partial charge in [0.05, 0.1) is 6.42 Å². The molecule has 1 fully saturated rings. The highest BCUT2D eigenvalue weighted by Gasteiger charge is 2.49. The lowest BCUT2D eigenvalue weighted by Crippen LogP contribution is -2.64. The van der Waals surface area contributed by atoms with Gasteiger partial charge in [-0.15, -0.1) is 0 Å². The minimum absolute atomic E-state index is 0.453. The van der Waals surface area contributed by atoms with Crippen LogP contribution in [-0.2, 0) is 9.59 Å². The summed E-state index contributed by atoms with van der Waals surface area (Å²) >= 11 is 0. The van der Waals surface area contributed by atoms with Gasteiger partial charge in [-0.2, -0.15) is 13.2 Å². The monoisotopic (exact) mass is 266 g/mol. The predicted molar refractivity (Wildman–Crippen MR) is 54.3 cm³/mol. The van der Waals surface area contributed by atoms with E-state index in [2.05, 4.69) is 0 Å². The number of hydrogen-bond donors (Lipinski definition) is 1. The quantitative estimate of drug-likeness (QED) is 0.769. The van der Waals surface area contributed by atoms with E-state index in [0.29, 0.717) is 4.90 Å². The summed E-state index contributed by atoms with van der Waals surface area (Å²) < 4.78 is 36.7. The van der Waals surface area contributed by atoms with Gasteiger partial charge in [-0.1, -0.05) is 0 Å². The Morgan fingerprint density at radius 2 is 1.78 bits per heavy atom. The Balaban J connectivity index is 2.98.